The van der Waals surface area contributed by atoms with E-state index in [2.05, 4.69) is 34.7 Å². The van der Waals surface area contributed by atoms with Gasteiger partial charge in [0.05, 0.1) is 19.3 Å². The van der Waals surface area contributed by atoms with Crippen molar-refractivity contribution in [1.29, 1.82) is 0 Å². The van der Waals surface area contributed by atoms with Gasteiger partial charge in [0.1, 0.15) is 17.3 Å². The molecule has 0 spiro atoms. The fraction of sp³-hybridized carbons (Fsp3) is 0.250. The average Bonchev–Trinajstić information content (AvgIpc) is 2.91. The Hall–Kier alpha value is -3.11. The zero-order valence-corrected chi connectivity index (χ0v) is 23.7. The first kappa shape index (κ1) is 28.9. The van der Waals surface area contributed by atoms with Crippen molar-refractivity contribution < 1.29 is 30.6 Å². The normalized spacial score (nSPS) is 24.8. The Balaban J connectivity index is 0.00000353. The Morgan fingerprint density at radius 2 is 1.69 bits per heavy atom. The Bertz CT molecular complexity index is 1400. The minimum Gasteiger partial charge on any atom is -0.508 e. The first-order valence-corrected chi connectivity index (χ1v) is 13.8. The highest BCUT2D eigenvalue weighted by molar-refractivity contribution is 14.1. The molecule has 5 atom stereocenters. The molecule has 5 rings (SSSR count). The summed E-state index contributed by atoms with van der Waals surface area (Å²) in [7, 11) is 1.63. The lowest BCUT2D eigenvalue weighted by Gasteiger charge is -2.33. The van der Waals surface area contributed by atoms with Gasteiger partial charge in [0.25, 0.3) is 0 Å². The molecule has 7 heteroatoms. The van der Waals surface area contributed by atoms with Crippen molar-refractivity contribution >= 4 is 22.6 Å². The number of phenolic OH excluding ortho intramolecular Hbond substituents is 1. The standard InChI is InChI=1S/C32H31IO5.H2O/c1-38-27-15-23(14-24(33)18-27)32(28-16-21(6-12-30(28)36)19-2-8-25(34)9-3-19)29-17-22(7-13-31(29)37)20-4-10-26(35)11-5-20;/h2-4,6-8,10-18,20,25,28,30,32,34-37H,5,9H2,1H3;1H2. The summed E-state index contributed by atoms with van der Waals surface area (Å²) >= 11 is 2.26. The summed E-state index contributed by atoms with van der Waals surface area (Å²) < 4.78 is 6.57. The number of halogens is 1. The molecule has 0 fully saturated rings. The maximum Gasteiger partial charge on any atom is 0.120 e. The summed E-state index contributed by atoms with van der Waals surface area (Å²) in [6.45, 7) is 0. The second kappa shape index (κ2) is 12.4. The summed E-state index contributed by atoms with van der Waals surface area (Å²) in [5.74, 6) is 0.460. The predicted molar refractivity (Wildman–Crippen MR) is 161 cm³/mol. The number of rotatable bonds is 6. The molecular weight excluding hydrogens is 607 g/mol. The fourth-order valence-corrected chi connectivity index (χ4v) is 6.07. The van der Waals surface area contributed by atoms with E-state index < -0.39 is 12.2 Å². The van der Waals surface area contributed by atoms with E-state index in [9.17, 15) is 20.4 Å². The van der Waals surface area contributed by atoms with Gasteiger partial charge < -0.3 is 30.6 Å². The highest BCUT2D eigenvalue weighted by Crippen LogP contribution is 2.44. The Labute approximate surface area is 242 Å². The molecular formula is C32H33IO6. The number of methoxy groups -OCH3 is 1. The van der Waals surface area contributed by atoms with Crippen LogP contribution in [0.5, 0.6) is 11.5 Å². The zero-order valence-electron chi connectivity index (χ0n) is 21.5. The van der Waals surface area contributed by atoms with Gasteiger partial charge in [0.15, 0.2) is 0 Å². The number of hydrogen-bond donors (Lipinski definition) is 4. The highest BCUT2D eigenvalue weighted by atomic mass is 127. The van der Waals surface area contributed by atoms with E-state index >= 15 is 0 Å². The van der Waals surface area contributed by atoms with E-state index in [1.54, 1.807) is 37.5 Å². The van der Waals surface area contributed by atoms with Crippen LogP contribution in [0.15, 0.2) is 108 Å². The first-order chi connectivity index (χ1) is 18.3. The average molecular weight is 641 g/mol. The van der Waals surface area contributed by atoms with Crippen LogP contribution in [0.4, 0.5) is 0 Å². The molecule has 2 aromatic carbocycles. The number of phenols is 1. The Kier molecular flexibility index (Phi) is 9.17. The van der Waals surface area contributed by atoms with Gasteiger partial charge in [0, 0.05) is 26.9 Å². The van der Waals surface area contributed by atoms with Crippen molar-refractivity contribution in [1.82, 2.24) is 0 Å². The van der Waals surface area contributed by atoms with Gasteiger partial charge in [-0.15, -0.1) is 0 Å². The van der Waals surface area contributed by atoms with Gasteiger partial charge in [-0.05, 0) is 94.1 Å². The van der Waals surface area contributed by atoms with Gasteiger partial charge >= 0.3 is 0 Å². The largest absolute Gasteiger partial charge is 0.508 e. The SMILES string of the molecule is COc1cc(I)cc(C(c2cc(C3C=CC(O)=CC3)ccc2O)C2C=C(C3=CCC(O)C=C3)C=CC2O)c1.O. The van der Waals surface area contributed by atoms with E-state index in [-0.39, 0.29) is 34.7 Å². The number of aromatic hydroxyl groups is 1. The van der Waals surface area contributed by atoms with Crippen LogP contribution in [0.1, 0.15) is 41.4 Å². The third-order valence-electron chi connectivity index (χ3n) is 7.42. The van der Waals surface area contributed by atoms with Crippen molar-refractivity contribution in [2.45, 2.75) is 36.9 Å². The molecule has 0 heterocycles. The number of aliphatic hydroxyl groups excluding tert-OH is 3. The van der Waals surface area contributed by atoms with Crippen molar-refractivity contribution in [2.24, 2.45) is 5.92 Å². The van der Waals surface area contributed by atoms with Crippen LogP contribution in [0.25, 0.3) is 0 Å². The number of hydrogen-bond acceptors (Lipinski definition) is 5. The molecule has 2 aromatic rings. The highest BCUT2D eigenvalue weighted by Gasteiger charge is 2.33. The molecule has 5 unspecified atom stereocenters. The van der Waals surface area contributed by atoms with Crippen LogP contribution in [0.3, 0.4) is 0 Å². The number of allylic oxidation sites excluding steroid dienone is 7. The quantitative estimate of drug-likeness (QED) is 0.310. The molecule has 6 N–H and O–H groups in total. The molecule has 204 valence electrons. The van der Waals surface area contributed by atoms with Gasteiger partial charge in [-0.1, -0.05) is 54.7 Å². The third kappa shape index (κ3) is 6.38. The molecule has 0 saturated heterocycles. The lowest BCUT2D eigenvalue weighted by atomic mass is 9.73. The number of ether oxygens (including phenoxy) is 1. The first-order valence-electron chi connectivity index (χ1n) is 12.7. The van der Waals surface area contributed by atoms with Crippen LogP contribution >= 0.6 is 22.6 Å². The van der Waals surface area contributed by atoms with Gasteiger partial charge in [-0.2, -0.15) is 0 Å². The molecule has 0 bridgehead atoms. The summed E-state index contributed by atoms with van der Waals surface area (Å²) in [5.41, 5.74) is 4.64. The van der Waals surface area contributed by atoms with Crippen molar-refractivity contribution in [3.05, 3.63) is 128 Å². The zero-order chi connectivity index (χ0) is 26.8. The van der Waals surface area contributed by atoms with Crippen LogP contribution in [0, 0.1) is 9.49 Å². The van der Waals surface area contributed by atoms with Crippen LogP contribution in [-0.4, -0.2) is 45.2 Å². The smallest absolute Gasteiger partial charge is 0.120 e. The summed E-state index contributed by atoms with van der Waals surface area (Å²) in [6, 6.07) is 11.6. The van der Waals surface area contributed by atoms with E-state index in [0.717, 1.165) is 31.4 Å². The van der Waals surface area contributed by atoms with Gasteiger partial charge in [-0.25, -0.2) is 0 Å². The van der Waals surface area contributed by atoms with E-state index in [4.69, 9.17) is 4.74 Å². The van der Waals surface area contributed by atoms with Gasteiger partial charge in [0.2, 0.25) is 0 Å². The lowest BCUT2D eigenvalue weighted by molar-refractivity contribution is 0.164. The summed E-state index contributed by atoms with van der Waals surface area (Å²) in [5, 5.41) is 42.1. The topological polar surface area (TPSA) is 122 Å². The fourth-order valence-electron chi connectivity index (χ4n) is 5.40. The van der Waals surface area contributed by atoms with Crippen LogP contribution in [-0.2, 0) is 0 Å². The van der Waals surface area contributed by atoms with Crippen LogP contribution < -0.4 is 4.74 Å². The predicted octanol–water partition coefficient (Wildman–Crippen LogP) is 5.52. The second-order valence-electron chi connectivity index (χ2n) is 9.92. The Morgan fingerprint density at radius 1 is 0.897 bits per heavy atom. The lowest BCUT2D eigenvalue weighted by Crippen LogP contribution is -2.27. The Morgan fingerprint density at radius 3 is 2.38 bits per heavy atom. The van der Waals surface area contributed by atoms with Crippen LogP contribution in [0.2, 0.25) is 0 Å². The van der Waals surface area contributed by atoms with E-state index in [1.807, 2.05) is 48.6 Å². The summed E-state index contributed by atoms with van der Waals surface area (Å²) in [6.07, 6.45) is 16.9. The molecule has 0 aliphatic heterocycles. The third-order valence-corrected chi connectivity index (χ3v) is 8.04. The minimum atomic E-state index is -0.774. The van der Waals surface area contributed by atoms with Crippen molar-refractivity contribution in [3.8, 4) is 11.5 Å². The maximum absolute atomic E-state index is 11.3. The molecule has 0 amide bonds. The molecule has 39 heavy (non-hydrogen) atoms. The minimum absolute atomic E-state index is 0. The number of aliphatic hydroxyl groups is 3. The summed E-state index contributed by atoms with van der Waals surface area (Å²) in [4.78, 5) is 0. The monoisotopic (exact) mass is 640 g/mol. The molecule has 0 aromatic heterocycles. The molecule has 6 nitrogen and oxygen atoms in total. The van der Waals surface area contributed by atoms with E-state index in [1.165, 1.54) is 0 Å². The molecule has 0 radical (unpaired) electrons. The molecule has 3 aliphatic rings. The van der Waals surface area contributed by atoms with E-state index in [0.29, 0.717) is 18.6 Å². The second-order valence-corrected chi connectivity index (χ2v) is 11.2. The molecule has 0 saturated carbocycles. The van der Waals surface area contributed by atoms with Gasteiger partial charge in [-0.3, -0.25) is 0 Å². The van der Waals surface area contributed by atoms with Crippen molar-refractivity contribution in [2.75, 3.05) is 7.11 Å². The van der Waals surface area contributed by atoms with Crippen molar-refractivity contribution in [3.63, 3.8) is 0 Å². The number of benzene rings is 2. The maximum atomic E-state index is 11.3. The molecule has 3 aliphatic carbocycles.